The highest BCUT2D eigenvalue weighted by atomic mass is 19.1. The van der Waals surface area contributed by atoms with Gasteiger partial charge in [-0.15, -0.1) is 0 Å². The Hall–Kier alpha value is -2.23. The first-order valence-corrected chi connectivity index (χ1v) is 7.63. The first-order valence-electron chi connectivity index (χ1n) is 7.63. The van der Waals surface area contributed by atoms with Crippen LogP contribution in [0.2, 0.25) is 0 Å². The van der Waals surface area contributed by atoms with Crippen LogP contribution in [-0.2, 0) is 9.31 Å². The highest BCUT2D eigenvalue weighted by Crippen LogP contribution is 2.29. The molecule has 1 fully saturated rings. The van der Waals surface area contributed by atoms with Crippen LogP contribution in [0, 0.1) is 28.4 Å². The number of nitrogens with zero attached hydrogens (tertiary/aromatic N) is 1. The number of halogens is 2. The third kappa shape index (κ3) is 3.19. The quantitative estimate of drug-likeness (QED) is 0.795. The SMILES string of the molecule is CC1(C)COB(c2ccc(F)c(-c3c(F)cccc3C#N)c2)OC1. The standard InChI is InChI=1S/C18H16BF2NO2/c1-18(2)10-23-19(24-11-18)13-6-7-15(20)14(8-13)17-12(9-22)4-3-5-16(17)21/h3-8H,10-11H2,1-2H3. The maximum atomic E-state index is 14.3. The van der Waals surface area contributed by atoms with Crippen LogP contribution in [-0.4, -0.2) is 20.3 Å². The van der Waals surface area contributed by atoms with Crippen LogP contribution in [0.25, 0.3) is 11.1 Å². The molecular formula is C18H16BF2NO2. The molecule has 2 aromatic carbocycles. The maximum Gasteiger partial charge on any atom is 0.493 e. The highest BCUT2D eigenvalue weighted by Gasteiger charge is 2.34. The van der Waals surface area contributed by atoms with Gasteiger partial charge in [0, 0.05) is 29.8 Å². The molecule has 3 nitrogen and oxygen atoms in total. The van der Waals surface area contributed by atoms with Crippen molar-refractivity contribution >= 4 is 12.6 Å². The van der Waals surface area contributed by atoms with E-state index in [-0.39, 0.29) is 22.1 Å². The molecule has 0 aromatic heterocycles. The average Bonchev–Trinajstić information content (AvgIpc) is 2.55. The number of hydrogen-bond acceptors (Lipinski definition) is 3. The van der Waals surface area contributed by atoms with Crippen molar-refractivity contribution in [3.05, 3.63) is 53.6 Å². The fourth-order valence-corrected chi connectivity index (χ4v) is 2.66. The first-order chi connectivity index (χ1) is 11.4. The predicted molar refractivity (Wildman–Crippen MR) is 87.6 cm³/mol. The van der Waals surface area contributed by atoms with Crippen molar-refractivity contribution in [2.24, 2.45) is 5.41 Å². The number of hydrogen-bond donors (Lipinski definition) is 0. The summed E-state index contributed by atoms with van der Waals surface area (Å²) in [5, 5.41) is 9.18. The van der Waals surface area contributed by atoms with Crippen molar-refractivity contribution in [2.75, 3.05) is 13.2 Å². The normalized spacial score (nSPS) is 16.7. The van der Waals surface area contributed by atoms with Gasteiger partial charge in [0.05, 0.1) is 11.6 Å². The summed E-state index contributed by atoms with van der Waals surface area (Å²) in [6, 6.07) is 10.3. The lowest BCUT2D eigenvalue weighted by Gasteiger charge is -2.33. The summed E-state index contributed by atoms with van der Waals surface area (Å²) in [5.74, 6) is -1.24. The summed E-state index contributed by atoms with van der Waals surface area (Å²) in [4.78, 5) is 0. The van der Waals surface area contributed by atoms with Gasteiger partial charge in [-0.3, -0.25) is 0 Å². The molecule has 0 radical (unpaired) electrons. The van der Waals surface area contributed by atoms with Crippen LogP contribution < -0.4 is 5.46 Å². The molecule has 0 saturated carbocycles. The molecule has 1 heterocycles. The summed E-state index contributed by atoms with van der Waals surface area (Å²) < 4.78 is 39.9. The Morgan fingerprint density at radius 2 is 1.79 bits per heavy atom. The second-order valence-corrected chi connectivity index (χ2v) is 6.63. The molecule has 0 spiro atoms. The van der Waals surface area contributed by atoms with Crippen LogP contribution in [0.3, 0.4) is 0 Å². The predicted octanol–water partition coefficient (Wildman–Crippen LogP) is 3.27. The summed E-state index contributed by atoms with van der Waals surface area (Å²) >= 11 is 0. The largest absolute Gasteiger partial charge is 0.493 e. The van der Waals surface area contributed by atoms with E-state index in [4.69, 9.17) is 9.31 Å². The summed E-state index contributed by atoms with van der Waals surface area (Å²) in [6.45, 7) is 5.07. The number of rotatable bonds is 2. The lowest BCUT2D eigenvalue weighted by atomic mass is 9.75. The molecule has 0 N–H and O–H groups in total. The minimum atomic E-state index is -0.642. The van der Waals surface area contributed by atoms with Gasteiger partial charge < -0.3 is 9.31 Å². The molecule has 24 heavy (non-hydrogen) atoms. The van der Waals surface area contributed by atoms with Gasteiger partial charge in [-0.05, 0) is 23.7 Å². The Morgan fingerprint density at radius 3 is 2.46 bits per heavy atom. The van der Waals surface area contributed by atoms with E-state index in [1.165, 1.54) is 30.3 Å². The Balaban J connectivity index is 2.01. The van der Waals surface area contributed by atoms with Gasteiger partial charge in [-0.25, -0.2) is 8.78 Å². The molecule has 0 aliphatic carbocycles. The van der Waals surface area contributed by atoms with Gasteiger partial charge in [-0.1, -0.05) is 32.0 Å². The molecule has 0 bridgehead atoms. The lowest BCUT2D eigenvalue weighted by molar-refractivity contribution is 0.0343. The van der Waals surface area contributed by atoms with Gasteiger partial charge in [0.1, 0.15) is 11.6 Å². The second kappa shape index (κ2) is 6.35. The van der Waals surface area contributed by atoms with E-state index in [0.717, 1.165) is 0 Å². The minimum Gasteiger partial charge on any atom is -0.407 e. The molecule has 1 aliphatic heterocycles. The average molecular weight is 327 g/mol. The Labute approximate surface area is 140 Å². The monoisotopic (exact) mass is 327 g/mol. The molecule has 2 aromatic rings. The Bertz CT molecular complexity index is 807. The van der Waals surface area contributed by atoms with E-state index in [0.29, 0.717) is 18.7 Å². The summed E-state index contributed by atoms with van der Waals surface area (Å²) in [6.07, 6.45) is 0. The molecule has 0 amide bonds. The third-order valence-electron chi connectivity index (χ3n) is 3.92. The third-order valence-corrected chi connectivity index (χ3v) is 3.92. The molecule has 1 aliphatic rings. The fourth-order valence-electron chi connectivity index (χ4n) is 2.66. The van der Waals surface area contributed by atoms with Crippen LogP contribution in [0.5, 0.6) is 0 Å². The van der Waals surface area contributed by atoms with Crippen LogP contribution in [0.4, 0.5) is 8.78 Å². The molecular weight excluding hydrogens is 311 g/mol. The highest BCUT2D eigenvalue weighted by molar-refractivity contribution is 6.61. The van der Waals surface area contributed by atoms with Crippen molar-refractivity contribution in [3.8, 4) is 17.2 Å². The zero-order chi connectivity index (χ0) is 17.3. The van der Waals surface area contributed by atoms with Gasteiger partial charge in [0.2, 0.25) is 0 Å². The topological polar surface area (TPSA) is 42.2 Å². The minimum absolute atomic E-state index is 0.0270. The molecule has 6 heteroatoms. The van der Waals surface area contributed by atoms with Gasteiger partial charge in [0.15, 0.2) is 0 Å². The fraction of sp³-hybridized carbons (Fsp3) is 0.278. The molecule has 122 valence electrons. The Kier molecular flexibility index (Phi) is 4.40. The molecule has 0 atom stereocenters. The van der Waals surface area contributed by atoms with Gasteiger partial charge >= 0.3 is 7.12 Å². The summed E-state index contributed by atoms with van der Waals surface area (Å²) in [5.41, 5.74) is 0.570. The summed E-state index contributed by atoms with van der Waals surface area (Å²) in [7, 11) is -0.630. The number of benzene rings is 2. The number of nitriles is 1. The van der Waals surface area contributed by atoms with Gasteiger partial charge in [0.25, 0.3) is 0 Å². The van der Waals surface area contributed by atoms with E-state index in [1.807, 2.05) is 19.9 Å². The van der Waals surface area contributed by atoms with Crippen molar-refractivity contribution in [1.82, 2.24) is 0 Å². The molecule has 1 saturated heterocycles. The van der Waals surface area contributed by atoms with E-state index in [2.05, 4.69) is 0 Å². The first kappa shape index (κ1) is 16.6. The van der Waals surface area contributed by atoms with Crippen molar-refractivity contribution in [3.63, 3.8) is 0 Å². The van der Waals surface area contributed by atoms with E-state index in [1.54, 1.807) is 6.07 Å². The second-order valence-electron chi connectivity index (χ2n) is 6.63. The maximum absolute atomic E-state index is 14.3. The smallest absolute Gasteiger partial charge is 0.407 e. The van der Waals surface area contributed by atoms with Gasteiger partial charge in [-0.2, -0.15) is 5.26 Å². The van der Waals surface area contributed by atoms with E-state index >= 15 is 0 Å². The lowest BCUT2D eigenvalue weighted by Crippen LogP contribution is -2.47. The van der Waals surface area contributed by atoms with Crippen LogP contribution >= 0.6 is 0 Å². The molecule has 3 rings (SSSR count). The van der Waals surface area contributed by atoms with Crippen molar-refractivity contribution in [1.29, 1.82) is 5.26 Å². The zero-order valence-corrected chi connectivity index (χ0v) is 13.5. The van der Waals surface area contributed by atoms with E-state index in [9.17, 15) is 14.0 Å². The van der Waals surface area contributed by atoms with E-state index < -0.39 is 18.8 Å². The Morgan fingerprint density at radius 1 is 1.08 bits per heavy atom. The van der Waals surface area contributed by atoms with Crippen molar-refractivity contribution in [2.45, 2.75) is 13.8 Å². The van der Waals surface area contributed by atoms with Crippen LogP contribution in [0.1, 0.15) is 19.4 Å². The van der Waals surface area contributed by atoms with Crippen molar-refractivity contribution < 1.29 is 18.1 Å². The van der Waals surface area contributed by atoms with Crippen LogP contribution in [0.15, 0.2) is 36.4 Å². The zero-order valence-electron chi connectivity index (χ0n) is 13.5. The molecule has 0 unspecified atom stereocenters.